The van der Waals surface area contributed by atoms with Gasteiger partial charge in [0.25, 0.3) is 11.3 Å². The van der Waals surface area contributed by atoms with E-state index in [1.165, 1.54) is 50.9 Å². The number of anilines is 1. The molecule has 3 unspecified atom stereocenters. The minimum atomic E-state index is -2.01. The third kappa shape index (κ3) is 3.47. The van der Waals surface area contributed by atoms with Crippen molar-refractivity contribution in [3.63, 3.8) is 0 Å². The highest BCUT2D eigenvalue weighted by atomic mass is 32.2. The molecule has 128 valence electrons. The fourth-order valence-electron chi connectivity index (χ4n) is 4.35. The first kappa shape index (κ1) is 16.9. The second kappa shape index (κ2) is 6.91. The van der Waals surface area contributed by atoms with E-state index in [9.17, 15) is 4.21 Å². The van der Waals surface area contributed by atoms with Gasteiger partial charge in [0.05, 0.1) is 0 Å². The second-order valence-electron chi connectivity index (χ2n) is 7.25. The Morgan fingerprint density at radius 2 is 2.04 bits per heavy atom. The molecule has 0 radical (unpaired) electrons. The minimum Gasteiger partial charge on any atom is -0.303 e. The van der Waals surface area contributed by atoms with Crippen LogP contribution >= 0.6 is 0 Å². The van der Waals surface area contributed by atoms with Crippen molar-refractivity contribution in [2.75, 3.05) is 24.4 Å². The van der Waals surface area contributed by atoms with Crippen LogP contribution in [0.2, 0.25) is 0 Å². The van der Waals surface area contributed by atoms with Gasteiger partial charge in [-0.1, -0.05) is 45.2 Å². The Bertz CT molecular complexity index is 566. The van der Waals surface area contributed by atoms with Gasteiger partial charge in [0.2, 0.25) is 0 Å². The number of nitrogens with one attached hydrogen (secondary N) is 1. The van der Waals surface area contributed by atoms with Gasteiger partial charge in [-0.05, 0) is 42.5 Å². The van der Waals surface area contributed by atoms with Gasteiger partial charge in [-0.25, -0.2) is 4.21 Å². The van der Waals surface area contributed by atoms with Crippen LogP contribution in [0.3, 0.4) is 0 Å². The van der Waals surface area contributed by atoms with Crippen molar-refractivity contribution in [1.82, 2.24) is 4.90 Å². The standard InChI is InChI=1S/C18H28N2O2S/c1-3-4-5-6-10-20-12-16-17(13-20)18(16,2)14-8-7-9-15(11-14)19-23(21)22/h7-9,11,16-17,19H,3-6,10,12-13H2,1-2H3,(H,21,22). The summed E-state index contributed by atoms with van der Waals surface area (Å²) in [6, 6.07) is 8.03. The van der Waals surface area contributed by atoms with Gasteiger partial charge in [-0.15, -0.1) is 0 Å². The number of rotatable bonds is 8. The lowest BCUT2D eigenvalue weighted by atomic mass is 9.92. The highest BCUT2D eigenvalue weighted by Crippen LogP contribution is 2.63. The second-order valence-corrected chi connectivity index (χ2v) is 7.95. The molecule has 1 heterocycles. The van der Waals surface area contributed by atoms with Crippen molar-refractivity contribution in [3.05, 3.63) is 29.8 Å². The molecule has 23 heavy (non-hydrogen) atoms. The quantitative estimate of drug-likeness (QED) is 0.563. The average Bonchev–Trinajstić information content (AvgIpc) is 2.89. The zero-order valence-electron chi connectivity index (χ0n) is 14.1. The Morgan fingerprint density at radius 1 is 1.30 bits per heavy atom. The zero-order valence-corrected chi connectivity index (χ0v) is 14.9. The van der Waals surface area contributed by atoms with E-state index in [-0.39, 0.29) is 5.41 Å². The van der Waals surface area contributed by atoms with Gasteiger partial charge in [-0.2, -0.15) is 0 Å². The molecule has 3 rings (SSSR count). The van der Waals surface area contributed by atoms with Crippen molar-refractivity contribution >= 4 is 17.0 Å². The first-order chi connectivity index (χ1) is 11.1. The molecule has 0 bridgehead atoms. The van der Waals surface area contributed by atoms with E-state index in [2.05, 4.69) is 29.5 Å². The Balaban J connectivity index is 1.57. The summed E-state index contributed by atoms with van der Waals surface area (Å²) in [6.07, 6.45) is 5.33. The van der Waals surface area contributed by atoms with Gasteiger partial charge in [0.1, 0.15) is 0 Å². The predicted molar refractivity (Wildman–Crippen MR) is 95.7 cm³/mol. The molecule has 1 aliphatic heterocycles. The normalized spacial score (nSPS) is 30.9. The Kier molecular flexibility index (Phi) is 5.09. The molecule has 0 amide bonds. The average molecular weight is 337 g/mol. The van der Waals surface area contributed by atoms with Crippen LogP contribution in [0.15, 0.2) is 24.3 Å². The number of hydrogen-bond acceptors (Lipinski definition) is 2. The molecule has 1 aromatic rings. The fraction of sp³-hybridized carbons (Fsp3) is 0.667. The van der Waals surface area contributed by atoms with Crippen LogP contribution in [0.4, 0.5) is 5.69 Å². The Labute approximate surface area is 142 Å². The highest BCUT2D eigenvalue weighted by molar-refractivity contribution is 7.80. The highest BCUT2D eigenvalue weighted by Gasteiger charge is 2.65. The minimum absolute atomic E-state index is 0.245. The fourth-order valence-corrected chi connectivity index (χ4v) is 4.68. The zero-order chi connectivity index (χ0) is 16.4. The van der Waals surface area contributed by atoms with Crippen molar-refractivity contribution in [1.29, 1.82) is 0 Å². The largest absolute Gasteiger partial charge is 0.303 e. The monoisotopic (exact) mass is 336 g/mol. The van der Waals surface area contributed by atoms with Crippen LogP contribution in [0, 0.1) is 11.8 Å². The third-order valence-electron chi connectivity index (χ3n) is 5.84. The topological polar surface area (TPSA) is 52.6 Å². The van der Waals surface area contributed by atoms with E-state index in [1.807, 2.05) is 18.2 Å². The van der Waals surface area contributed by atoms with E-state index < -0.39 is 11.3 Å². The maximum absolute atomic E-state index is 10.9. The molecule has 2 fully saturated rings. The van der Waals surface area contributed by atoms with Crippen molar-refractivity contribution in [3.8, 4) is 0 Å². The number of hydrogen-bond donors (Lipinski definition) is 2. The summed E-state index contributed by atoms with van der Waals surface area (Å²) >= 11 is -2.01. The molecule has 1 aliphatic carbocycles. The maximum atomic E-state index is 10.9. The van der Waals surface area contributed by atoms with Gasteiger partial charge >= 0.3 is 0 Å². The lowest BCUT2D eigenvalue weighted by Crippen LogP contribution is -2.29. The molecule has 2 aliphatic rings. The number of nitrogens with zero attached hydrogens (tertiary/aromatic N) is 1. The van der Waals surface area contributed by atoms with Gasteiger partial charge in [0, 0.05) is 24.2 Å². The Hall–Kier alpha value is -0.910. The molecule has 4 nitrogen and oxygen atoms in total. The number of piperidine rings is 1. The van der Waals surface area contributed by atoms with Crippen LogP contribution < -0.4 is 4.72 Å². The predicted octanol–water partition coefficient (Wildman–Crippen LogP) is 3.63. The van der Waals surface area contributed by atoms with Crippen LogP contribution in [0.25, 0.3) is 0 Å². The first-order valence-electron chi connectivity index (χ1n) is 8.76. The van der Waals surface area contributed by atoms with Gasteiger partial charge in [0.15, 0.2) is 0 Å². The number of fused-ring (bicyclic) bond motifs is 1. The lowest BCUT2D eigenvalue weighted by molar-refractivity contribution is 0.271. The van der Waals surface area contributed by atoms with Crippen LogP contribution in [0.5, 0.6) is 0 Å². The van der Waals surface area contributed by atoms with Crippen molar-refractivity contribution < 1.29 is 8.76 Å². The SMILES string of the molecule is CCCCCCN1CC2C(C1)C2(C)c1cccc(NS(=O)O)c1. The maximum Gasteiger partial charge on any atom is 0.259 e. The van der Waals surface area contributed by atoms with Crippen LogP contribution in [-0.4, -0.2) is 33.3 Å². The number of benzene rings is 1. The van der Waals surface area contributed by atoms with E-state index >= 15 is 0 Å². The summed E-state index contributed by atoms with van der Waals surface area (Å²) in [5.41, 5.74) is 2.27. The summed E-state index contributed by atoms with van der Waals surface area (Å²) in [5, 5.41) is 0. The molecule has 0 aromatic heterocycles. The molecular weight excluding hydrogens is 308 g/mol. The lowest BCUT2D eigenvalue weighted by Gasteiger charge is -2.24. The number of likely N-dealkylation sites (tertiary alicyclic amines) is 1. The van der Waals surface area contributed by atoms with Crippen molar-refractivity contribution in [2.45, 2.75) is 44.9 Å². The summed E-state index contributed by atoms with van der Waals surface area (Å²) in [5.74, 6) is 1.48. The van der Waals surface area contributed by atoms with E-state index in [0.29, 0.717) is 0 Å². The molecular formula is C18H28N2O2S. The van der Waals surface area contributed by atoms with Crippen LogP contribution in [-0.2, 0) is 16.7 Å². The molecule has 1 aromatic carbocycles. The van der Waals surface area contributed by atoms with Gasteiger partial charge < -0.3 is 4.90 Å². The third-order valence-corrected chi connectivity index (χ3v) is 6.25. The first-order valence-corrected chi connectivity index (χ1v) is 9.86. The number of unbranched alkanes of at least 4 members (excludes halogenated alkanes) is 3. The molecule has 1 saturated carbocycles. The molecule has 5 heteroatoms. The molecule has 2 N–H and O–H groups in total. The summed E-state index contributed by atoms with van der Waals surface area (Å²) in [4.78, 5) is 2.62. The van der Waals surface area contributed by atoms with E-state index in [4.69, 9.17) is 4.55 Å². The Morgan fingerprint density at radius 3 is 2.70 bits per heavy atom. The molecule has 0 spiro atoms. The summed E-state index contributed by atoms with van der Waals surface area (Å²) < 4.78 is 22.5. The smallest absolute Gasteiger partial charge is 0.259 e. The summed E-state index contributed by atoms with van der Waals surface area (Å²) in [7, 11) is 0. The van der Waals surface area contributed by atoms with E-state index in [1.54, 1.807) is 0 Å². The van der Waals surface area contributed by atoms with Crippen molar-refractivity contribution in [2.24, 2.45) is 11.8 Å². The molecule has 1 saturated heterocycles. The molecule has 3 atom stereocenters. The van der Waals surface area contributed by atoms with Crippen LogP contribution in [0.1, 0.15) is 45.1 Å². The van der Waals surface area contributed by atoms with Gasteiger partial charge in [-0.3, -0.25) is 9.27 Å². The van der Waals surface area contributed by atoms with E-state index in [0.717, 1.165) is 17.5 Å². The summed E-state index contributed by atoms with van der Waals surface area (Å²) in [6.45, 7) is 8.26.